The third kappa shape index (κ3) is 3.42. The van der Waals surface area contributed by atoms with E-state index in [4.69, 9.17) is 5.73 Å². The van der Waals surface area contributed by atoms with Gasteiger partial charge in [0.2, 0.25) is 5.65 Å². The molecule has 1 aromatic carbocycles. The number of halogens is 3. The standard InChI is InChI=1S/C17H16F3N5O2/c1-8-10(13(21)14-15(22-8)24-27-23-14)6-9-4-5-12(17(18,19)20)11(7-9)16(26)25(2)3/h4-5,7H,6,21H2,1-3H3. The number of nitrogens with zero attached hydrogens (tertiary/aromatic N) is 4. The van der Waals surface area contributed by atoms with Gasteiger partial charge in [0, 0.05) is 31.8 Å². The van der Waals surface area contributed by atoms with Gasteiger partial charge in [-0.3, -0.25) is 4.79 Å². The van der Waals surface area contributed by atoms with Gasteiger partial charge in [0.15, 0.2) is 5.52 Å². The summed E-state index contributed by atoms with van der Waals surface area (Å²) >= 11 is 0. The van der Waals surface area contributed by atoms with E-state index in [1.54, 1.807) is 6.92 Å². The van der Waals surface area contributed by atoms with E-state index in [9.17, 15) is 18.0 Å². The maximum absolute atomic E-state index is 13.3. The van der Waals surface area contributed by atoms with Crippen LogP contribution < -0.4 is 5.73 Å². The second-order valence-electron chi connectivity index (χ2n) is 6.28. The van der Waals surface area contributed by atoms with Crippen molar-refractivity contribution in [2.75, 3.05) is 19.8 Å². The number of carbonyl (C=O) groups is 1. The van der Waals surface area contributed by atoms with Crippen LogP contribution in [0, 0.1) is 6.92 Å². The molecule has 0 saturated heterocycles. The lowest BCUT2D eigenvalue weighted by Gasteiger charge is -2.17. The smallest absolute Gasteiger partial charge is 0.396 e. The molecular weight excluding hydrogens is 363 g/mol. The molecule has 0 unspecified atom stereocenters. The first kappa shape index (κ1) is 18.6. The molecule has 0 spiro atoms. The number of hydrogen-bond acceptors (Lipinski definition) is 6. The van der Waals surface area contributed by atoms with Gasteiger partial charge in [-0.2, -0.15) is 13.2 Å². The van der Waals surface area contributed by atoms with Crippen molar-refractivity contribution in [2.45, 2.75) is 19.5 Å². The van der Waals surface area contributed by atoms with Gasteiger partial charge in [-0.25, -0.2) is 9.61 Å². The van der Waals surface area contributed by atoms with E-state index in [0.29, 0.717) is 22.5 Å². The Hall–Kier alpha value is -3.17. The molecule has 0 atom stereocenters. The zero-order valence-corrected chi connectivity index (χ0v) is 14.8. The van der Waals surface area contributed by atoms with Crippen molar-refractivity contribution >= 4 is 22.8 Å². The predicted octanol–water partition coefficient (Wildman–Crippen LogP) is 2.82. The molecule has 142 valence electrons. The number of alkyl halides is 3. The highest BCUT2D eigenvalue weighted by Gasteiger charge is 2.35. The molecule has 0 radical (unpaired) electrons. The van der Waals surface area contributed by atoms with Gasteiger partial charge in [0.05, 0.1) is 16.8 Å². The molecule has 7 nitrogen and oxygen atoms in total. The van der Waals surface area contributed by atoms with Crippen molar-refractivity contribution in [1.29, 1.82) is 0 Å². The van der Waals surface area contributed by atoms with Gasteiger partial charge in [-0.05, 0) is 34.9 Å². The minimum Gasteiger partial charge on any atom is -0.396 e. The van der Waals surface area contributed by atoms with Crippen LogP contribution in [0.2, 0.25) is 0 Å². The molecule has 3 aromatic rings. The maximum Gasteiger partial charge on any atom is 0.417 e. The third-order valence-electron chi connectivity index (χ3n) is 4.17. The van der Waals surface area contributed by atoms with Gasteiger partial charge in [-0.15, -0.1) is 0 Å². The zero-order chi connectivity index (χ0) is 19.9. The molecule has 0 saturated carbocycles. The largest absolute Gasteiger partial charge is 0.417 e. The number of aromatic nitrogens is 3. The number of rotatable bonds is 3. The summed E-state index contributed by atoms with van der Waals surface area (Å²) in [5.41, 5.74) is 7.15. The normalized spacial score (nSPS) is 11.8. The molecule has 1 amide bonds. The van der Waals surface area contributed by atoms with E-state index in [-0.39, 0.29) is 17.6 Å². The number of hydrogen-bond donors (Lipinski definition) is 1. The molecule has 0 bridgehead atoms. The number of anilines is 1. The molecule has 0 aliphatic rings. The molecule has 2 aromatic heterocycles. The number of amides is 1. The van der Waals surface area contributed by atoms with Gasteiger partial charge in [0.1, 0.15) is 0 Å². The van der Waals surface area contributed by atoms with Crippen LogP contribution in [0.4, 0.5) is 18.9 Å². The van der Waals surface area contributed by atoms with Crippen molar-refractivity contribution in [3.8, 4) is 0 Å². The fourth-order valence-electron chi connectivity index (χ4n) is 2.78. The number of aryl methyl sites for hydroxylation is 1. The highest BCUT2D eigenvalue weighted by atomic mass is 19.4. The second-order valence-corrected chi connectivity index (χ2v) is 6.28. The molecule has 10 heteroatoms. The average Bonchev–Trinajstić information content (AvgIpc) is 3.05. The number of benzene rings is 1. The molecule has 3 rings (SSSR count). The molecule has 0 aliphatic heterocycles. The van der Waals surface area contributed by atoms with Crippen LogP contribution in [0.25, 0.3) is 11.2 Å². The summed E-state index contributed by atoms with van der Waals surface area (Å²) in [6.07, 6.45) is -4.46. The summed E-state index contributed by atoms with van der Waals surface area (Å²) < 4.78 is 44.4. The van der Waals surface area contributed by atoms with Gasteiger partial charge >= 0.3 is 6.18 Å². The van der Waals surface area contributed by atoms with Gasteiger partial charge in [0.25, 0.3) is 5.91 Å². The lowest BCUT2D eigenvalue weighted by molar-refractivity contribution is -0.138. The van der Waals surface area contributed by atoms with Crippen LogP contribution in [0.15, 0.2) is 22.8 Å². The summed E-state index contributed by atoms with van der Waals surface area (Å²) in [4.78, 5) is 17.6. The van der Waals surface area contributed by atoms with E-state index in [2.05, 4.69) is 19.9 Å². The number of fused-ring (bicyclic) bond motifs is 1. The molecular formula is C17H16F3N5O2. The van der Waals surface area contributed by atoms with E-state index >= 15 is 0 Å². The minimum absolute atomic E-state index is 0.180. The Morgan fingerprint density at radius 2 is 1.96 bits per heavy atom. The summed E-state index contributed by atoms with van der Waals surface area (Å²) in [5.74, 6) is -0.733. The Balaban J connectivity index is 2.08. The summed E-state index contributed by atoms with van der Waals surface area (Å²) in [6, 6.07) is 3.45. The van der Waals surface area contributed by atoms with E-state index in [1.165, 1.54) is 26.2 Å². The van der Waals surface area contributed by atoms with Crippen molar-refractivity contribution in [3.63, 3.8) is 0 Å². The first-order valence-electron chi connectivity index (χ1n) is 7.88. The van der Waals surface area contributed by atoms with Crippen molar-refractivity contribution in [2.24, 2.45) is 0 Å². The average molecular weight is 379 g/mol. The molecule has 2 N–H and O–H groups in total. The maximum atomic E-state index is 13.3. The van der Waals surface area contributed by atoms with Crippen LogP contribution in [0.3, 0.4) is 0 Å². The highest BCUT2D eigenvalue weighted by Crippen LogP contribution is 2.34. The summed E-state index contributed by atoms with van der Waals surface area (Å²) in [6.45, 7) is 1.70. The molecule has 0 aliphatic carbocycles. The SMILES string of the molecule is Cc1nc2nonc2c(N)c1Cc1ccc(C(F)(F)F)c(C(=O)N(C)C)c1. The van der Waals surface area contributed by atoms with Crippen molar-refractivity contribution in [3.05, 3.63) is 46.1 Å². The monoisotopic (exact) mass is 379 g/mol. The van der Waals surface area contributed by atoms with Gasteiger partial charge in [-0.1, -0.05) is 6.07 Å². The lowest BCUT2D eigenvalue weighted by Crippen LogP contribution is -2.25. The predicted molar refractivity (Wildman–Crippen MR) is 91.0 cm³/mol. The minimum atomic E-state index is -4.64. The molecule has 2 heterocycles. The van der Waals surface area contributed by atoms with E-state index < -0.39 is 23.2 Å². The molecule has 0 fully saturated rings. The van der Waals surface area contributed by atoms with E-state index in [1.807, 2.05) is 0 Å². The number of nitrogens with two attached hydrogens (primary N) is 1. The summed E-state index contributed by atoms with van der Waals surface area (Å²) in [7, 11) is 2.79. The Kier molecular flexibility index (Phi) is 4.50. The van der Waals surface area contributed by atoms with Gasteiger partial charge < -0.3 is 10.6 Å². The first-order chi connectivity index (χ1) is 12.6. The van der Waals surface area contributed by atoms with Crippen molar-refractivity contribution in [1.82, 2.24) is 20.2 Å². The topological polar surface area (TPSA) is 98.1 Å². The van der Waals surface area contributed by atoms with Crippen LogP contribution in [0.1, 0.15) is 32.7 Å². The van der Waals surface area contributed by atoms with Crippen molar-refractivity contribution < 1.29 is 22.6 Å². The second kappa shape index (κ2) is 6.53. The van der Waals surface area contributed by atoms with E-state index in [0.717, 1.165) is 11.0 Å². The Labute approximate surface area is 151 Å². The van der Waals surface area contributed by atoms with Crippen LogP contribution >= 0.6 is 0 Å². The number of nitrogen functional groups attached to an aromatic ring is 1. The fraction of sp³-hybridized carbons (Fsp3) is 0.294. The Morgan fingerprint density at radius 3 is 2.59 bits per heavy atom. The zero-order valence-electron chi connectivity index (χ0n) is 14.8. The van der Waals surface area contributed by atoms with Crippen LogP contribution in [0.5, 0.6) is 0 Å². The van der Waals surface area contributed by atoms with Crippen LogP contribution in [-0.2, 0) is 12.6 Å². The number of carbonyl (C=O) groups excluding carboxylic acids is 1. The highest BCUT2D eigenvalue weighted by molar-refractivity contribution is 5.96. The summed E-state index contributed by atoms with van der Waals surface area (Å²) in [5, 5.41) is 7.33. The van der Waals surface area contributed by atoms with Crippen LogP contribution in [-0.4, -0.2) is 40.2 Å². The first-order valence-corrected chi connectivity index (χ1v) is 7.88. The third-order valence-corrected chi connectivity index (χ3v) is 4.17. The molecule has 27 heavy (non-hydrogen) atoms. The Morgan fingerprint density at radius 1 is 1.26 bits per heavy atom. The lowest BCUT2D eigenvalue weighted by atomic mass is 9.96. The Bertz CT molecular complexity index is 1030. The quantitative estimate of drug-likeness (QED) is 0.751. The number of pyridine rings is 1. The fourth-order valence-corrected chi connectivity index (χ4v) is 2.78.